The Morgan fingerprint density at radius 2 is 0.588 bits per heavy atom. The van der Waals surface area contributed by atoms with Crippen LogP contribution in [0.1, 0.15) is 0 Å². The van der Waals surface area contributed by atoms with Crippen LogP contribution >= 0.6 is 15.6 Å². The van der Waals surface area contributed by atoms with Crippen molar-refractivity contribution in [2.75, 3.05) is 0 Å². The summed E-state index contributed by atoms with van der Waals surface area (Å²) in [5.41, 5.74) is 0. The molecule has 0 aliphatic rings. The largest absolute Gasteiger partial charge is 2.00 e. The van der Waals surface area contributed by atoms with Gasteiger partial charge in [-0.1, -0.05) is 0 Å². The molecule has 0 aromatic heterocycles. The van der Waals surface area contributed by atoms with Gasteiger partial charge in [0.05, 0.1) is 0 Å². The van der Waals surface area contributed by atoms with E-state index in [0.29, 0.717) is 0 Å². The van der Waals surface area contributed by atoms with Gasteiger partial charge in [0, 0.05) is 0 Å². The number of hydrogen-bond acceptors (Lipinski definition) is 11. The molecule has 0 bridgehead atoms. The Bertz CT molecular complexity index is 275. The van der Waals surface area contributed by atoms with E-state index in [4.69, 9.17) is 51.1 Å². The maximum atomic E-state index is 8.55. The van der Waals surface area contributed by atoms with Gasteiger partial charge in [0.25, 0.3) is 0 Å². The molecule has 88 valence electrons. The Labute approximate surface area is 187 Å². The summed E-state index contributed by atoms with van der Waals surface area (Å²) in [6, 6.07) is 0. The first-order chi connectivity index (χ1) is 5.73. The Hall–Kier alpha value is 3.62. The molecule has 0 aliphatic carbocycles. The van der Waals surface area contributed by atoms with Crippen molar-refractivity contribution in [3.05, 3.63) is 0 Å². The van der Waals surface area contributed by atoms with Crippen LogP contribution < -0.4 is 29.4 Å². The van der Waals surface area contributed by atoms with E-state index < -0.39 is 26.3 Å². The number of phosphoric acid groups is 2. The summed E-state index contributed by atoms with van der Waals surface area (Å²) in [6.45, 7) is 0. The Morgan fingerprint density at radius 3 is 0.588 bits per heavy atom. The third-order valence-electron chi connectivity index (χ3n) is 0. The van der Waals surface area contributed by atoms with Gasteiger partial charge in [-0.3, -0.25) is 0 Å². The van der Waals surface area contributed by atoms with E-state index in [0.717, 1.165) is 0 Å². The van der Waals surface area contributed by atoms with E-state index in [1.165, 1.54) is 0 Å². The first-order valence-corrected chi connectivity index (χ1v) is 5.88. The first-order valence-electron chi connectivity index (χ1n) is 1.96. The van der Waals surface area contributed by atoms with Crippen LogP contribution in [-0.4, -0.2) is 126 Å². The zero-order valence-electron chi connectivity index (χ0n) is 7.91. The second-order valence-corrected chi connectivity index (χ2v) is 3.30. The minimum atomic E-state index is -5.39. The minimum absolute atomic E-state index is 0. The molecular weight excluding hydrogens is 390 g/mol. The molecule has 17 heavy (non-hydrogen) atoms. The molecule has 0 amide bonds. The molecule has 0 aliphatic heterocycles. The molecular formula is Ca3O11P2S. The quantitative estimate of drug-likeness (QED) is 0.279. The van der Waals surface area contributed by atoms with Crippen molar-refractivity contribution < 1.29 is 51.1 Å². The van der Waals surface area contributed by atoms with E-state index in [1.54, 1.807) is 0 Å². The summed E-state index contributed by atoms with van der Waals surface area (Å²) in [5.74, 6) is 0. The molecule has 11 nitrogen and oxygen atoms in total. The SMILES string of the molecule is O=P([O-])([O-])[O-].O=P([O-])([O-])[O-].O=S(=O)=O.[Ca+2].[Ca+2].[Ca+2]. The molecule has 0 rings (SSSR count). The maximum Gasteiger partial charge on any atom is 2.00 e. The van der Waals surface area contributed by atoms with Crippen LogP contribution in [0.4, 0.5) is 0 Å². The summed E-state index contributed by atoms with van der Waals surface area (Å²) in [4.78, 5) is 51.3. The molecule has 0 spiro atoms. The van der Waals surface area contributed by atoms with E-state index >= 15 is 0 Å². The van der Waals surface area contributed by atoms with Crippen molar-refractivity contribution in [2.45, 2.75) is 0 Å². The smallest absolute Gasteiger partial charge is 0.822 e. The van der Waals surface area contributed by atoms with Crippen LogP contribution in [0.2, 0.25) is 0 Å². The Kier molecular flexibility index (Phi) is 42.9. The van der Waals surface area contributed by atoms with Gasteiger partial charge < -0.3 is 38.5 Å². The van der Waals surface area contributed by atoms with Crippen molar-refractivity contribution >= 4 is 139 Å². The van der Waals surface area contributed by atoms with E-state index in [2.05, 4.69) is 0 Å². The van der Waals surface area contributed by atoms with Crippen molar-refractivity contribution in [2.24, 2.45) is 0 Å². The topological polar surface area (TPSA) is 224 Å². The molecule has 0 aromatic carbocycles. The summed E-state index contributed by atoms with van der Waals surface area (Å²) in [5, 5.41) is 0. The fourth-order valence-corrected chi connectivity index (χ4v) is 0. The summed E-state index contributed by atoms with van der Waals surface area (Å²) < 4.78 is 42.4. The number of hydrogen-bond donors (Lipinski definition) is 0. The third-order valence-corrected chi connectivity index (χ3v) is 0. The number of rotatable bonds is 0. The molecule has 0 atom stereocenters. The second kappa shape index (κ2) is 19.6. The van der Waals surface area contributed by atoms with Gasteiger partial charge in [-0.15, -0.1) is 12.6 Å². The zero-order valence-corrected chi connectivity index (χ0v) is 17.1. The van der Waals surface area contributed by atoms with Crippen molar-refractivity contribution in [1.29, 1.82) is 0 Å². The van der Waals surface area contributed by atoms with E-state index in [9.17, 15) is 0 Å². The van der Waals surface area contributed by atoms with Crippen LogP contribution in [0.3, 0.4) is 0 Å². The maximum absolute atomic E-state index is 8.55. The van der Waals surface area contributed by atoms with Crippen LogP contribution in [0.25, 0.3) is 0 Å². The normalized spacial score (nSPS) is 8.35. The minimum Gasteiger partial charge on any atom is -0.822 e. The fourth-order valence-electron chi connectivity index (χ4n) is 0. The van der Waals surface area contributed by atoms with Crippen molar-refractivity contribution in [3.8, 4) is 0 Å². The molecule has 0 saturated heterocycles. The van der Waals surface area contributed by atoms with Crippen LogP contribution in [-0.2, 0) is 19.7 Å². The molecule has 0 heterocycles. The molecule has 0 N–H and O–H groups in total. The molecule has 17 heteroatoms. The fraction of sp³-hybridized carbons (Fsp3) is 0. The first kappa shape index (κ1) is 37.1. The average Bonchev–Trinajstić information content (AvgIpc) is 1.45. The summed E-state index contributed by atoms with van der Waals surface area (Å²) in [7, 11) is -13.9. The van der Waals surface area contributed by atoms with Gasteiger partial charge >= 0.3 is 124 Å². The van der Waals surface area contributed by atoms with Gasteiger partial charge in [0.15, 0.2) is 0 Å². The van der Waals surface area contributed by atoms with Crippen molar-refractivity contribution in [1.82, 2.24) is 0 Å². The second-order valence-electron chi connectivity index (χ2n) is 1.10. The predicted octanol–water partition coefficient (Wildman–Crippen LogP) is -7.80. The van der Waals surface area contributed by atoms with Crippen molar-refractivity contribution in [3.63, 3.8) is 0 Å². The van der Waals surface area contributed by atoms with E-state index in [1.807, 2.05) is 0 Å². The Morgan fingerprint density at radius 1 is 0.588 bits per heavy atom. The van der Waals surface area contributed by atoms with Gasteiger partial charge in [-0.25, -0.2) is 0 Å². The average molecular weight is 390 g/mol. The van der Waals surface area contributed by atoms with Crippen LogP contribution in [0, 0.1) is 0 Å². The van der Waals surface area contributed by atoms with Gasteiger partial charge in [0.1, 0.15) is 0 Å². The zero-order chi connectivity index (χ0) is 12.6. The van der Waals surface area contributed by atoms with Gasteiger partial charge in [-0.05, 0) is 0 Å². The van der Waals surface area contributed by atoms with Gasteiger partial charge in [0.2, 0.25) is 0 Å². The molecule has 0 fully saturated rings. The van der Waals surface area contributed by atoms with Gasteiger partial charge in [-0.2, -0.15) is 15.6 Å². The molecule has 0 unspecified atom stereocenters. The predicted molar refractivity (Wildman–Crippen MR) is 42.2 cm³/mol. The van der Waals surface area contributed by atoms with Crippen LogP contribution in [0.15, 0.2) is 0 Å². The summed E-state index contributed by atoms with van der Waals surface area (Å²) in [6.07, 6.45) is 0. The third kappa shape index (κ3) is 465. The molecule has 0 aromatic rings. The Balaban J connectivity index is -0.0000000247. The summed E-state index contributed by atoms with van der Waals surface area (Å²) >= 11 is 0. The molecule has 0 radical (unpaired) electrons. The standard InChI is InChI=1S/3Ca.2H3O4P.O3S/c;;;2*1-5(2,3)4;1-4(2)3/h;;;2*(H3,1,2,3,4);/q3*+2;;;/p-6. The monoisotopic (exact) mass is 390 g/mol. The van der Waals surface area contributed by atoms with E-state index in [-0.39, 0.29) is 113 Å². The molecule has 0 saturated carbocycles. The van der Waals surface area contributed by atoms with Crippen LogP contribution in [0.5, 0.6) is 0 Å².